The lowest BCUT2D eigenvalue weighted by Gasteiger charge is -2.37. The molecule has 2 fully saturated rings. The van der Waals surface area contributed by atoms with Gasteiger partial charge in [-0.1, -0.05) is 6.42 Å². The summed E-state index contributed by atoms with van der Waals surface area (Å²) in [6, 6.07) is -0.179. The number of carbonyl (C=O) groups excluding carboxylic acids is 2. The highest BCUT2D eigenvalue weighted by Gasteiger charge is 2.35. The van der Waals surface area contributed by atoms with E-state index in [0.29, 0.717) is 18.0 Å². The first-order valence-corrected chi connectivity index (χ1v) is 9.29. The Bertz CT molecular complexity index is 562. The summed E-state index contributed by atoms with van der Waals surface area (Å²) >= 11 is 1.36. The SMILES string of the molecule is O=C(C[C@H]1CC[C@H](NC(=O)C2CCC2)[C@H](CO)O1)Nc1nccs1. The van der Waals surface area contributed by atoms with Gasteiger partial charge in [-0.2, -0.15) is 0 Å². The normalized spacial score (nSPS) is 27.3. The molecule has 132 valence electrons. The first-order valence-electron chi connectivity index (χ1n) is 8.41. The smallest absolute Gasteiger partial charge is 0.228 e. The number of aromatic nitrogens is 1. The molecule has 3 atom stereocenters. The minimum Gasteiger partial charge on any atom is -0.394 e. The number of ether oxygens (including phenoxy) is 1. The summed E-state index contributed by atoms with van der Waals surface area (Å²) in [4.78, 5) is 28.1. The predicted molar refractivity (Wildman–Crippen MR) is 89.6 cm³/mol. The molecule has 24 heavy (non-hydrogen) atoms. The van der Waals surface area contributed by atoms with Gasteiger partial charge in [0.25, 0.3) is 0 Å². The average Bonchev–Trinajstić information content (AvgIpc) is 2.99. The van der Waals surface area contributed by atoms with Crippen LogP contribution in [0.15, 0.2) is 11.6 Å². The van der Waals surface area contributed by atoms with E-state index in [-0.39, 0.29) is 42.9 Å². The molecule has 0 unspecified atom stereocenters. The highest BCUT2D eigenvalue weighted by atomic mass is 32.1. The molecule has 2 heterocycles. The molecule has 0 bridgehead atoms. The second kappa shape index (κ2) is 8.04. The molecule has 8 heteroatoms. The van der Waals surface area contributed by atoms with Crippen molar-refractivity contribution < 1.29 is 19.4 Å². The van der Waals surface area contributed by atoms with Crippen molar-refractivity contribution in [2.45, 2.75) is 56.8 Å². The Hall–Kier alpha value is -1.51. The van der Waals surface area contributed by atoms with E-state index in [1.54, 1.807) is 11.6 Å². The maximum atomic E-state index is 12.1. The van der Waals surface area contributed by atoms with E-state index in [4.69, 9.17) is 4.74 Å². The van der Waals surface area contributed by atoms with Crippen LogP contribution in [0.2, 0.25) is 0 Å². The highest BCUT2D eigenvalue weighted by Crippen LogP contribution is 2.28. The lowest BCUT2D eigenvalue weighted by molar-refractivity contribution is -0.137. The summed E-state index contributed by atoms with van der Waals surface area (Å²) < 4.78 is 5.83. The molecule has 0 radical (unpaired) electrons. The second-order valence-electron chi connectivity index (χ2n) is 6.39. The monoisotopic (exact) mass is 353 g/mol. The van der Waals surface area contributed by atoms with Gasteiger partial charge in [0.05, 0.1) is 25.2 Å². The molecular weight excluding hydrogens is 330 g/mol. The quantitative estimate of drug-likeness (QED) is 0.716. The summed E-state index contributed by atoms with van der Waals surface area (Å²) in [5, 5.41) is 17.7. The van der Waals surface area contributed by atoms with Crippen LogP contribution in [0.1, 0.15) is 38.5 Å². The Morgan fingerprint density at radius 1 is 1.33 bits per heavy atom. The molecule has 0 aromatic carbocycles. The highest BCUT2D eigenvalue weighted by molar-refractivity contribution is 7.13. The van der Waals surface area contributed by atoms with Crippen molar-refractivity contribution in [3.05, 3.63) is 11.6 Å². The lowest BCUT2D eigenvalue weighted by atomic mass is 9.84. The fourth-order valence-electron chi connectivity index (χ4n) is 3.08. The van der Waals surface area contributed by atoms with E-state index in [1.165, 1.54) is 11.3 Å². The van der Waals surface area contributed by atoms with Gasteiger partial charge in [0.1, 0.15) is 6.10 Å². The Morgan fingerprint density at radius 3 is 2.79 bits per heavy atom. The van der Waals surface area contributed by atoms with Crippen LogP contribution < -0.4 is 10.6 Å². The summed E-state index contributed by atoms with van der Waals surface area (Å²) in [5.74, 6) is 0.0306. The fraction of sp³-hybridized carbons (Fsp3) is 0.688. The van der Waals surface area contributed by atoms with Crippen molar-refractivity contribution in [3.8, 4) is 0 Å². The largest absolute Gasteiger partial charge is 0.394 e. The molecule has 2 aliphatic rings. The van der Waals surface area contributed by atoms with E-state index < -0.39 is 6.10 Å². The lowest BCUT2D eigenvalue weighted by Crippen LogP contribution is -2.53. The molecular formula is C16H23N3O4S. The van der Waals surface area contributed by atoms with Crippen molar-refractivity contribution >= 4 is 28.3 Å². The topological polar surface area (TPSA) is 101 Å². The number of aliphatic hydroxyl groups excluding tert-OH is 1. The van der Waals surface area contributed by atoms with Crippen LogP contribution in [0.5, 0.6) is 0 Å². The van der Waals surface area contributed by atoms with Crippen LogP contribution in [0.4, 0.5) is 5.13 Å². The van der Waals surface area contributed by atoms with Crippen molar-refractivity contribution in [2.24, 2.45) is 5.92 Å². The van der Waals surface area contributed by atoms with Gasteiger partial charge in [-0.3, -0.25) is 9.59 Å². The van der Waals surface area contributed by atoms with Gasteiger partial charge >= 0.3 is 0 Å². The maximum absolute atomic E-state index is 12.1. The summed E-state index contributed by atoms with van der Waals surface area (Å²) in [7, 11) is 0. The molecule has 1 aliphatic carbocycles. The Kier molecular flexibility index (Phi) is 5.80. The van der Waals surface area contributed by atoms with Crippen LogP contribution in [0.3, 0.4) is 0 Å². The van der Waals surface area contributed by atoms with E-state index in [2.05, 4.69) is 15.6 Å². The van der Waals surface area contributed by atoms with Gasteiger partial charge in [-0.25, -0.2) is 4.98 Å². The van der Waals surface area contributed by atoms with E-state index in [0.717, 1.165) is 19.3 Å². The van der Waals surface area contributed by atoms with Crippen molar-refractivity contribution in [3.63, 3.8) is 0 Å². The van der Waals surface area contributed by atoms with Crippen LogP contribution in [0, 0.1) is 5.92 Å². The zero-order valence-corrected chi connectivity index (χ0v) is 14.3. The molecule has 1 aliphatic heterocycles. The first kappa shape index (κ1) is 17.3. The molecule has 0 spiro atoms. The number of carbonyl (C=O) groups is 2. The van der Waals surface area contributed by atoms with Crippen LogP contribution >= 0.6 is 11.3 Å². The molecule has 3 N–H and O–H groups in total. The summed E-state index contributed by atoms with van der Waals surface area (Å²) in [5.41, 5.74) is 0. The van der Waals surface area contributed by atoms with E-state index in [9.17, 15) is 14.7 Å². The van der Waals surface area contributed by atoms with Crippen LogP contribution in [0.25, 0.3) is 0 Å². The molecule has 1 aromatic heterocycles. The fourth-order valence-corrected chi connectivity index (χ4v) is 3.63. The van der Waals surface area contributed by atoms with Gasteiger partial charge in [-0.15, -0.1) is 11.3 Å². The minimum atomic E-state index is -0.458. The van der Waals surface area contributed by atoms with Gasteiger partial charge < -0.3 is 20.5 Å². The number of aliphatic hydroxyl groups is 1. The second-order valence-corrected chi connectivity index (χ2v) is 7.28. The van der Waals surface area contributed by atoms with E-state index in [1.807, 2.05) is 0 Å². The Balaban J connectivity index is 1.46. The molecule has 2 amide bonds. The molecule has 1 saturated heterocycles. The third kappa shape index (κ3) is 4.31. The van der Waals surface area contributed by atoms with Crippen molar-refractivity contribution in [1.82, 2.24) is 10.3 Å². The maximum Gasteiger partial charge on any atom is 0.228 e. The number of thiazole rings is 1. The number of hydrogen-bond donors (Lipinski definition) is 3. The van der Waals surface area contributed by atoms with Gasteiger partial charge in [0, 0.05) is 17.5 Å². The molecule has 7 nitrogen and oxygen atoms in total. The van der Waals surface area contributed by atoms with Crippen LogP contribution in [-0.2, 0) is 14.3 Å². The molecule has 1 aromatic rings. The van der Waals surface area contributed by atoms with Gasteiger partial charge in [0.2, 0.25) is 11.8 Å². The number of rotatable bonds is 6. The molecule has 1 saturated carbocycles. The number of anilines is 1. The van der Waals surface area contributed by atoms with Crippen LogP contribution in [-0.4, -0.2) is 46.8 Å². The Labute approximate surface area is 144 Å². The predicted octanol–water partition coefficient (Wildman–Crippen LogP) is 1.30. The van der Waals surface area contributed by atoms with Gasteiger partial charge in [-0.05, 0) is 25.7 Å². The minimum absolute atomic E-state index is 0.0632. The zero-order chi connectivity index (χ0) is 16.9. The Morgan fingerprint density at radius 2 is 2.17 bits per heavy atom. The summed E-state index contributed by atoms with van der Waals surface area (Å²) in [6.45, 7) is -0.166. The molecule has 3 rings (SSSR count). The first-order chi connectivity index (χ1) is 11.7. The van der Waals surface area contributed by atoms with Gasteiger partial charge in [0.15, 0.2) is 5.13 Å². The number of nitrogens with zero attached hydrogens (tertiary/aromatic N) is 1. The van der Waals surface area contributed by atoms with Crippen molar-refractivity contribution in [2.75, 3.05) is 11.9 Å². The van der Waals surface area contributed by atoms with E-state index >= 15 is 0 Å². The standard InChI is InChI=1S/C16H23N3O4S/c20-9-13-12(18-15(22)10-2-1-3-10)5-4-11(23-13)8-14(21)19-16-17-6-7-24-16/h6-7,10-13,20H,1-5,8-9H2,(H,18,22)(H,17,19,21)/t11-,12+,13+/m1/s1. The third-order valence-electron chi connectivity index (χ3n) is 4.69. The average molecular weight is 353 g/mol. The number of amides is 2. The number of hydrogen-bond acceptors (Lipinski definition) is 6. The zero-order valence-electron chi connectivity index (χ0n) is 13.4. The number of nitrogens with one attached hydrogen (secondary N) is 2. The summed E-state index contributed by atoms with van der Waals surface area (Å²) in [6.07, 6.45) is 5.54. The van der Waals surface area contributed by atoms with Crippen molar-refractivity contribution in [1.29, 1.82) is 0 Å². The third-order valence-corrected chi connectivity index (χ3v) is 5.38.